The lowest BCUT2D eigenvalue weighted by molar-refractivity contribution is 0.518. The number of aromatic nitrogens is 1. The molecule has 0 spiro atoms. The molecule has 0 radical (unpaired) electrons. The molecular formula is C10H18N2S. The van der Waals surface area contributed by atoms with Crippen LogP contribution in [0.15, 0.2) is 11.7 Å². The van der Waals surface area contributed by atoms with Crippen LogP contribution in [-0.2, 0) is 0 Å². The van der Waals surface area contributed by atoms with Crippen molar-refractivity contribution in [3.05, 3.63) is 16.6 Å². The number of rotatable bonds is 6. The molecule has 0 bridgehead atoms. The Hall–Kier alpha value is -0.410. The van der Waals surface area contributed by atoms with Gasteiger partial charge in [-0.2, -0.15) is 0 Å². The highest BCUT2D eigenvalue weighted by molar-refractivity contribution is 7.09. The second-order valence-electron chi connectivity index (χ2n) is 3.24. The van der Waals surface area contributed by atoms with Gasteiger partial charge in [-0.1, -0.05) is 26.2 Å². The molecule has 1 unspecified atom stereocenters. The van der Waals surface area contributed by atoms with Crippen LogP contribution in [0.2, 0.25) is 0 Å². The van der Waals surface area contributed by atoms with E-state index in [-0.39, 0.29) is 0 Å². The summed E-state index contributed by atoms with van der Waals surface area (Å²) in [6.07, 6.45) is 7.13. The second kappa shape index (κ2) is 6.11. The maximum atomic E-state index is 4.10. The van der Waals surface area contributed by atoms with Crippen LogP contribution in [0.3, 0.4) is 0 Å². The molecule has 74 valence electrons. The van der Waals surface area contributed by atoms with Crippen LogP contribution < -0.4 is 5.32 Å². The van der Waals surface area contributed by atoms with Crippen molar-refractivity contribution in [1.29, 1.82) is 0 Å². The maximum Gasteiger partial charge on any atom is 0.0794 e. The molecule has 3 heteroatoms. The molecule has 0 aliphatic rings. The lowest BCUT2D eigenvalue weighted by Gasteiger charge is -2.12. The molecule has 0 aromatic carbocycles. The SMILES string of the molecule is CCCCCC(NC)c1cncs1. The van der Waals surface area contributed by atoms with Crippen molar-refractivity contribution >= 4 is 11.3 Å². The van der Waals surface area contributed by atoms with Crippen LogP contribution in [0.25, 0.3) is 0 Å². The summed E-state index contributed by atoms with van der Waals surface area (Å²) in [5.41, 5.74) is 1.90. The van der Waals surface area contributed by atoms with Gasteiger partial charge >= 0.3 is 0 Å². The molecule has 2 nitrogen and oxygen atoms in total. The fourth-order valence-corrected chi connectivity index (χ4v) is 2.19. The largest absolute Gasteiger partial charge is 0.312 e. The van der Waals surface area contributed by atoms with Crippen LogP contribution in [0, 0.1) is 0 Å². The number of unbranched alkanes of at least 4 members (excludes halogenated alkanes) is 2. The highest BCUT2D eigenvalue weighted by Crippen LogP contribution is 2.22. The molecule has 1 aromatic heterocycles. The van der Waals surface area contributed by atoms with Crippen molar-refractivity contribution in [2.75, 3.05) is 7.05 Å². The van der Waals surface area contributed by atoms with Gasteiger partial charge in [-0.3, -0.25) is 4.98 Å². The lowest BCUT2D eigenvalue weighted by Crippen LogP contribution is -2.14. The van der Waals surface area contributed by atoms with Crippen molar-refractivity contribution in [2.24, 2.45) is 0 Å². The highest BCUT2D eigenvalue weighted by Gasteiger charge is 2.09. The van der Waals surface area contributed by atoms with E-state index in [0.29, 0.717) is 6.04 Å². The summed E-state index contributed by atoms with van der Waals surface area (Å²) >= 11 is 1.74. The fourth-order valence-electron chi connectivity index (χ4n) is 1.43. The van der Waals surface area contributed by atoms with E-state index in [0.717, 1.165) is 0 Å². The third-order valence-corrected chi connectivity index (χ3v) is 3.13. The number of thiazole rings is 1. The van der Waals surface area contributed by atoms with Gasteiger partial charge in [-0.05, 0) is 13.5 Å². The molecule has 1 atom stereocenters. The Morgan fingerprint density at radius 1 is 1.54 bits per heavy atom. The summed E-state index contributed by atoms with van der Waals surface area (Å²) in [6, 6.07) is 0.513. The van der Waals surface area contributed by atoms with E-state index in [4.69, 9.17) is 0 Å². The monoisotopic (exact) mass is 198 g/mol. The second-order valence-corrected chi connectivity index (χ2v) is 4.16. The van der Waals surface area contributed by atoms with Gasteiger partial charge in [0.15, 0.2) is 0 Å². The van der Waals surface area contributed by atoms with Crippen LogP contribution in [0.5, 0.6) is 0 Å². The number of hydrogen-bond donors (Lipinski definition) is 1. The maximum absolute atomic E-state index is 4.10. The van der Waals surface area contributed by atoms with E-state index >= 15 is 0 Å². The average Bonchev–Trinajstić information content (AvgIpc) is 2.65. The number of nitrogens with zero attached hydrogens (tertiary/aromatic N) is 1. The minimum atomic E-state index is 0.513. The quantitative estimate of drug-likeness (QED) is 0.711. The average molecular weight is 198 g/mol. The summed E-state index contributed by atoms with van der Waals surface area (Å²) < 4.78 is 0. The molecule has 0 saturated carbocycles. The Bertz CT molecular complexity index is 209. The van der Waals surface area contributed by atoms with Crippen molar-refractivity contribution in [2.45, 2.75) is 38.6 Å². The first kappa shape index (κ1) is 10.7. The number of nitrogens with one attached hydrogen (secondary N) is 1. The van der Waals surface area contributed by atoms with Gasteiger partial charge in [-0.15, -0.1) is 11.3 Å². The lowest BCUT2D eigenvalue weighted by atomic mass is 10.1. The Morgan fingerprint density at radius 3 is 2.92 bits per heavy atom. The number of hydrogen-bond acceptors (Lipinski definition) is 3. The standard InChI is InChI=1S/C10H18N2S/c1-3-4-5-6-9(11-2)10-7-12-8-13-10/h7-9,11H,3-6H2,1-2H3. The summed E-state index contributed by atoms with van der Waals surface area (Å²) in [4.78, 5) is 5.46. The van der Waals surface area contributed by atoms with Crippen LogP contribution >= 0.6 is 11.3 Å². The molecule has 1 N–H and O–H groups in total. The summed E-state index contributed by atoms with van der Waals surface area (Å²) in [5, 5.41) is 3.33. The van der Waals surface area contributed by atoms with E-state index in [1.54, 1.807) is 11.3 Å². The molecule has 1 heterocycles. The Labute approximate surface area is 84.4 Å². The summed E-state index contributed by atoms with van der Waals surface area (Å²) in [6.45, 7) is 2.24. The zero-order valence-corrected chi connectivity index (χ0v) is 9.23. The smallest absolute Gasteiger partial charge is 0.0794 e. The molecule has 0 aliphatic heterocycles. The normalized spacial score (nSPS) is 13.1. The van der Waals surface area contributed by atoms with Gasteiger partial charge in [0.05, 0.1) is 5.51 Å². The van der Waals surface area contributed by atoms with Gasteiger partial charge in [0, 0.05) is 17.1 Å². The van der Waals surface area contributed by atoms with Crippen molar-refractivity contribution in [1.82, 2.24) is 10.3 Å². The van der Waals surface area contributed by atoms with E-state index in [9.17, 15) is 0 Å². The first-order valence-corrected chi connectivity index (χ1v) is 5.82. The van der Waals surface area contributed by atoms with Crippen LogP contribution in [0.4, 0.5) is 0 Å². The fraction of sp³-hybridized carbons (Fsp3) is 0.700. The third-order valence-electron chi connectivity index (χ3n) is 2.24. The topological polar surface area (TPSA) is 24.9 Å². The first-order chi connectivity index (χ1) is 6.38. The predicted molar refractivity (Wildman–Crippen MR) is 58.1 cm³/mol. The van der Waals surface area contributed by atoms with Crippen LogP contribution in [0.1, 0.15) is 43.5 Å². The van der Waals surface area contributed by atoms with E-state index in [1.165, 1.54) is 30.6 Å². The zero-order valence-electron chi connectivity index (χ0n) is 8.42. The van der Waals surface area contributed by atoms with Gasteiger partial charge in [0.25, 0.3) is 0 Å². The minimum Gasteiger partial charge on any atom is -0.312 e. The molecule has 0 fully saturated rings. The van der Waals surface area contributed by atoms with Gasteiger partial charge < -0.3 is 5.32 Å². The highest BCUT2D eigenvalue weighted by atomic mass is 32.1. The Morgan fingerprint density at radius 2 is 2.38 bits per heavy atom. The van der Waals surface area contributed by atoms with E-state index in [2.05, 4.69) is 17.2 Å². The van der Waals surface area contributed by atoms with E-state index < -0.39 is 0 Å². The molecule has 0 aliphatic carbocycles. The molecule has 1 aromatic rings. The molecular weight excluding hydrogens is 180 g/mol. The zero-order chi connectivity index (χ0) is 9.52. The van der Waals surface area contributed by atoms with Gasteiger partial charge in [0.2, 0.25) is 0 Å². The Balaban J connectivity index is 2.35. The molecule has 0 saturated heterocycles. The van der Waals surface area contributed by atoms with Gasteiger partial charge in [-0.25, -0.2) is 0 Å². The minimum absolute atomic E-state index is 0.513. The summed E-state index contributed by atoms with van der Waals surface area (Å²) in [5.74, 6) is 0. The van der Waals surface area contributed by atoms with Crippen molar-refractivity contribution in [3.63, 3.8) is 0 Å². The summed E-state index contributed by atoms with van der Waals surface area (Å²) in [7, 11) is 2.02. The molecule has 1 rings (SSSR count). The predicted octanol–water partition coefficient (Wildman–Crippen LogP) is 2.98. The third kappa shape index (κ3) is 3.44. The Kier molecular flexibility index (Phi) is 5.01. The van der Waals surface area contributed by atoms with E-state index in [1.807, 2.05) is 18.8 Å². The first-order valence-electron chi connectivity index (χ1n) is 4.94. The molecule has 13 heavy (non-hydrogen) atoms. The molecule has 0 amide bonds. The van der Waals surface area contributed by atoms with Gasteiger partial charge in [0.1, 0.15) is 0 Å². The van der Waals surface area contributed by atoms with Crippen LogP contribution in [-0.4, -0.2) is 12.0 Å². The van der Waals surface area contributed by atoms with Crippen molar-refractivity contribution in [3.8, 4) is 0 Å². The van der Waals surface area contributed by atoms with Crippen molar-refractivity contribution < 1.29 is 0 Å².